The molecule has 0 spiro atoms. The molecule has 2 rings (SSSR count). The minimum Gasteiger partial charge on any atom is -0.323 e. The molecule has 0 aliphatic carbocycles. The average molecular weight is 240 g/mol. The first-order chi connectivity index (χ1) is 8.76. The van der Waals surface area contributed by atoms with E-state index in [0.29, 0.717) is 6.42 Å². The standard InChI is InChI=1S/C14H16N4/c1-2-13(16)14-9-17-10-18(14)12-5-3-11(4-6-12)7-8-15/h3-6,9-10,13H,2,7,16H2,1H3/t13-/m1/s1. The number of aromatic nitrogens is 2. The Labute approximate surface area is 107 Å². The fourth-order valence-corrected chi connectivity index (χ4v) is 1.87. The van der Waals surface area contributed by atoms with Gasteiger partial charge in [-0.05, 0) is 24.1 Å². The number of hydrogen-bond acceptors (Lipinski definition) is 3. The van der Waals surface area contributed by atoms with Gasteiger partial charge < -0.3 is 10.3 Å². The smallest absolute Gasteiger partial charge is 0.0994 e. The van der Waals surface area contributed by atoms with E-state index < -0.39 is 0 Å². The molecule has 2 N–H and O–H groups in total. The van der Waals surface area contributed by atoms with Crippen LogP contribution in [-0.4, -0.2) is 9.55 Å². The first kappa shape index (κ1) is 12.3. The molecule has 0 bridgehead atoms. The average Bonchev–Trinajstić information content (AvgIpc) is 2.88. The van der Waals surface area contributed by atoms with Gasteiger partial charge in [0, 0.05) is 11.7 Å². The monoisotopic (exact) mass is 240 g/mol. The van der Waals surface area contributed by atoms with Crippen molar-refractivity contribution in [1.29, 1.82) is 5.26 Å². The van der Waals surface area contributed by atoms with Gasteiger partial charge in [-0.1, -0.05) is 19.1 Å². The summed E-state index contributed by atoms with van der Waals surface area (Å²) in [5.74, 6) is 0. The summed E-state index contributed by atoms with van der Waals surface area (Å²) in [6.45, 7) is 2.05. The van der Waals surface area contributed by atoms with E-state index in [1.54, 1.807) is 12.5 Å². The van der Waals surface area contributed by atoms with Crippen molar-refractivity contribution in [3.63, 3.8) is 0 Å². The molecule has 1 atom stereocenters. The van der Waals surface area contributed by atoms with Crippen LogP contribution >= 0.6 is 0 Å². The van der Waals surface area contributed by atoms with Crippen LogP contribution in [0.25, 0.3) is 5.69 Å². The highest BCUT2D eigenvalue weighted by atomic mass is 15.1. The Bertz CT molecular complexity index is 548. The first-order valence-corrected chi connectivity index (χ1v) is 6.00. The number of nitriles is 1. The lowest BCUT2D eigenvalue weighted by molar-refractivity contribution is 0.660. The summed E-state index contributed by atoms with van der Waals surface area (Å²) in [6.07, 6.45) is 4.88. The van der Waals surface area contributed by atoms with Gasteiger partial charge in [0.2, 0.25) is 0 Å². The number of nitrogens with zero attached hydrogens (tertiary/aromatic N) is 3. The molecule has 1 heterocycles. The Balaban J connectivity index is 2.32. The molecule has 0 radical (unpaired) electrons. The predicted molar refractivity (Wildman–Crippen MR) is 70.1 cm³/mol. The van der Waals surface area contributed by atoms with Crippen molar-refractivity contribution >= 4 is 0 Å². The van der Waals surface area contributed by atoms with Crippen LogP contribution in [0.1, 0.15) is 30.6 Å². The van der Waals surface area contributed by atoms with Crippen LogP contribution in [0, 0.1) is 11.3 Å². The minimum atomic E-state index is -0.00807. The molecule has 4 nitrogen and oxygen atoms in total. The SMILES string of the molecule is CC[C@@H](N)c1cncn1-c1ccc(CC#N)cc1. The predicted octanol–water partition coefficient (Wildman–Crippen LogP) is 2.35. The molecule has 0 saturated carbocycles. The van der Waals surface area contributed by atoms with Gasteiger partial charge in [0.05, 0.1) is 30.7 Å². The van der Waals surface area contributed by atoms with Crippen molar-refractivity contribution in [2.24, 2.45) is 5.73 Å². The molecule has 0 fully saturated rings. The van der Waals surface area contributed by atoms with E-state index in [2.05, 4.69) is 18.0 Å². The van der Waals surface area contributed by atoms with E-state index in [1.807, 2.05) is 28.8 Å². The Morgan fingerprint density at radius 1 is 1.39 bits per heavy atom. The van der Waals surface area contributed by atoms with E-state index >= 15 is 0 Å². The number of benzene rings is 1. The van der Waals surface area contributed by atoms with Gasteiger partial charge in [-0.2, -0.15) is 5.26 Å². The van der Waals surface area contributed by atoms with Crippen LogP contribution in [0.3, 0.4) is 0 Å². The second-order valence-corrected chi connectivity index (χ2v) is 4.20. The van der Waals surface area contributed by atoms with E-state index in [4.69, 9.17) is 11.0 Å². The Morgan fingerprint density at radius 3 is 2.72 bits per heavy atom. The van der Waals surface area contributed by atoms with Crippen molar-refractivity contribution in [3.8, 4) is 11.8 Å². The largest absolute Gasteiger partial charge is 0.323 e. The quantitative estimate of drug-likeness (QED) is 0.891. The highest BCUT2D eigenvalue weighted by Crippen LogP contribution is 2.18. The van der Waals surface area contributed by atoms with E-state index in [1.165, 1.54) is 0 Å². The van der Waals surface area contributed by atoms with Gasteiger partial charge in [-0.3, -0.25) is 0 Å². The Morgan fingerprint density at radius 2 is 2.11 bits per heavy atom. The number of hydrogen-bond donors (Lipinski definition) is 1. The molecule has 0 amide bonds. The van der Waals surface area contributed by atoms with Gasteiger partial charge in [0.25, 0.3) is 0 Å². The maximum Gasteiger partial charge on any atom is 0.0994 e. The summed E-state index contributed by atoms with van der Waals surface area (Å²) in [4.78, 5) is 4.16. The zero-order chi connectivity index (χ0) is 13.0. The normalized spacial score (nSPS) is 12.1. The van der Waals surface area contributed by atoms with Crippen molar-refractivity contribution < 1.29 is 0 Å². The summed E-state index contributed by atoms with van der Waals surface area (Å²) >= 11 is 0. The topological polar surface area (TPSA) is 67.6 Å². The van der Waals surface area contributed by atoms with Crippen molar-refractivity contribution in [2.75, 3.05) is 0 Å². The molecular weight excluding hydrogens is 224 g/mol. The second-order valence-electron chi connectivity index (χ2n) is 4.20. The van der Waals surface area contributed by atoms with Crippen LogP contribution < -0.4 is 5.73 Å². The third-order valence-corrected chi connectivity index (χ3v) is 2.98. The van der Waals surface area contributed by atoms with Crippen molar-refractivity contribution in [3.05, 3.63) is 48.0 Å². The van der Waals surface area contributed by atoms with Gasteiger partial charge in [0.1, 0.15) is 0 Å². The Hall–Kier alpha value is -2.12. The first-order valence-electron chi connectivity index (χ1n) is 6.00. The molecule has 92 valence electrons. The minimum absolute atomic E-state index is 0.00807. The maximum atomic E-state index is 8.64. The highest BCUT2D eigenvalue weighted by molar-refractivity contribution is 5.37. The third-order valence-electron chi connectivity index (χ3n) is 2.98. The van der Waals surface area contributed by atoms with Crippen LogP contribution in [0.2, 0.25) is 0 Å². The second kappa shape index (κ2) is 5.48. The Kier molecular flexibility index (Phi) is 3.75. The van der Waals surface area contributed by atoms with E-state index in [9.17, 15) is 0 Å². The maximum absolute atomic E-state index is 8.64. The lowest BCUT2D eigenvalue weighted by atomic mass is 10.1. The molecule has 0 aliphatic heterocycles. The molecule has 1 aromatic heterocycles. The fourth-order valence-electron chi connectivity index (χ4n) is 1.87. The molecule has 1 aromatic carbocycles. The van der Waals surface area contributed by atoms with Gasteiger partial charge in [-0.25, -0.2) is 4.98 Å². The van der Waals surface area contributed by atoms with Crippen LogP contribution in [-0.2, 0) is 6.42 Å². The molecule has 4 heteroatoms. The van der Waals surface area contributed by atoms with Crippen molar-refractivity contribution in [1.82, 2.24) is 9.55 Å². The molecule has 0 saturated heterocycles. The summed E-state index contributed by atoms with van der Waals surface area (Å²) in [7, 11) is 0. The van der Waals surface area contributed by atoms with Gasteiger partial charge >= 0.3 is 0 Å². The number of nitrogens with two attached hydrogens (primary N) is 1. The lowest BCUT2D eigenvalue weighted by Crippen LogP contribution is -2.13. The summed E-state index contributed by atoms with van der Waals surface area (Å²) in [5, 5.41) is 8.64. The van der Waals surface area contributed by atoms with Crippen molar-refractivity contribution in [2.45, 2.75) is 25.8 Å². The van der Waals surface area contributed by atoms with Gasteiger partial charge in [-0.15, -0.1) is 0 Å². The number of rotatable bonds is 4. The van der Waals surface area contributed by atoms with Crippen LogP contribution in [0.5, 0.6) is 0 Å². The number of imidazole rings is 1. The lowest BCUT2D eigenvalue weighted by Gasteiger charge is -2.13. The fraction of sp³-hybridized carbons (Fsp3) is 0.286. The molecule has 0 aliphatic rings. The van der Waals surface area contributed by atoms with Gasteiger partial charge in [0.15, 0.2) is 0 Å². The molecule has 0 unspecified atom stereocenters. The molecule has 2 aromatic rings. The zero-order valence-electron chi connectivity index (χ0n) is 10.4. The summed E-state index contributed by atoms with van der Waals surface area (Å²) in [5.41, 5.74) is 9.09. The van der Waals surface area contributed by atoms with Crippen LogP contribution in [0.4, 0.5) is 0 Å². The third kappa shape index (κ3) is 2.41. The zero-order valence-corrected chi connectivity index (χ0v) is 10.4. The van der Waals surface area contributed by atoms with E-state index in [0.717, 1.165) is 23.4 Å². The molecule has 18 heavy (non-hydrogen) atoms. The van der Waals surface area contributed by atoms with Crippen LogP contribution in [0.15, 0.2) is 36.8 Å². The molecular formula is C14H16N4. The van der Waals surface area contributed by atoms with E-state index in [-0.39, 0.29) is 6.04 Å². The highest BCUT2D eigenvalue weighted by Gasteiger charge is 2.10. The summed E-state index contributed by atoms with van der Waals surface area (Å²) in [6, 6.07) is 10.0. The summed E-state index contributed by atoms with van der Waals surface area (Å²) < 4.78 is 1.99.